The monoisotopic (exact) mass is 251 g/mol. The molecule has 6 heteroatoms. The summed E-state index contributed by atoms with van der Waals surface area (Å²) in [5.74, 6) is 0.166. The van der Waals surface area contributed by atoms with Crippen LogP contribution in [0.3, 0.4) is 0 Å². The van der Waals surface area contributed by atoms with Crippen molar-refractivity contribution in [2.45, 2.75) is 13.8 Å². The molecule has 1 aromatic carbocycles. The van der Waals surface area contributed by atoms with E-state index in [-0.39, 0.29) is 17.3 Å². The van der Waals surface area contributed by atoms with E-state index in [1.165, 1.54) is 18.2 Å². The van der Waals surface area contributed by atoms with Crippen LogP contribution in [-0.4, -0.2) is 29.3 Å². The van der Waals surface area contributed by atoms with E-state index in [0.29, 0.717) is 18.0 Å². The highest BCUT2D eigenvalue weighted by Crippen LogP contribution is 2.22. The molecule has 1 rings (SSSR count). The summed E-state index contributed by atoms with van der Waals surface area (Å²) in [6.45, 7) is 4.64. The second-order valence-electron chi connectivity index (χ2n) is 4.61. The molecule has 18 heavy (non-hydrogen) atoms. The van der Waals surface area contributed by atoms with Crippen molar-refractivity contribution in [1.29, 1.82) is 0 Å². The van der Waals surface area contributed by atoms with Crippen molar-refractivity contribution in [2.75, 3.05) is 19.3 Å². The molecule has 0 radical (unpaired) electrons. The molecule has 0 saturated heterocycles. The maximum Gasteiger partial charge on any atom is 0.292 e. The number of nitro groups is 1. The van der Waals surface area contributed by atoms with Crippen LogP contribution in [0.1, 0.15) is 24.2 Å². The van der Waals surface area contributed by atoms with Crippen LogP contribution in [0.2, 0.25) is 0 Å². The largest absolute Gasteiger partial charge is 0.393 e. The number of nitrogens with zero attached hydrogens (tertiary/aromatic N) is 2. The number of amides is 1. The lowest BCUT2D eigenvalue weighted by atomic mass is 10.1. The average molecular weight is 251 g/mol. The second-order valence-corrected chi connectivity index (χ2v) is 4.61. The van der Waals surface area contributed by atoms with Crippen LogP contribution in [0.5, 0.6) is 0 Å². The van der Waals surface area contributed by atoms with E-state index in [4.69, 9.17) is 5.73 Å². The number of benzene rings is 1. The number of rotatable bonds is 4. The van der Waals surface area contributed by atoms with Gasteiger partial charge in [0.2, 0.25) is 0 Å². The van der Waals surface area contributed by atoms with Crippen LogP contribution in [0.25, 0.3) is 0 Å². The minimum atomic E-state index is -0.568. The smallest absolute Gasteiger partial charge is 0.292 e. The number of anilines is 1. The van der Waals surface area contributed by atoms with Crippen LogP contribution in [-0.2, 0) is 0 Å². The van der Waals surface area contributed by atoms with Crippen LogP contribution in [0.4, 0.5) is 11.4 Å². The molecular formula is C12H17N3O3. The van der Waals surface area contributed by atoms with Gasteiger partial charge in [-0.25, -0.2) is 0 Å². The highest BCUT2D eigenvalue weighted by molar-refractivity contribution is 5.95. The molecule has 0 aromatic heterocycles. The van der Waals surface area contributed by atoms with Gasteiger partial charge in [0.1, 0.15) is 5.69 Å². The van der Waals surface area contributed by atoms with Crippen molar-refractivity contribution in [3.8, 4) is 0 Å². The van der Waals surface area contributed by atoms with E-state index in [1.807, 2.05) is 13.8 Å². The SMILES string of the molecule is CC(C)CN(C)C(=O)c1ccc([N+](=O)[O-])c(N)c1. The lowest BCUT2D eigenvalue weighted by Gasteiger charge is -2.19. The molecule has 0 aliphatic heterocycles. The van der Waals surface area contributed by atoms with Gasteiger partial charge in [0, 0.05) is 25.2 Å². The lowest BCUT2D eigenvalue weighted by molar-refractivity contribution is -0.383. The molecule has 6 nitrogen and oxygen atoms in total. The summed E-state index contributed by atoms with van der Waals surface area (Å²) in [6.07, 6.45) is 0. The summed E-state index contributed by atoms with van der Waals surface area (Å²) >= 11 is 0. The zero-order chi connectivity index (χ0) is 13.9. The van der Waals surface area contributed by atoms with E-state index in [2.05, 4.69) is 0 Å². The lowest BCUT2D eigenvalue weighted by Crippen LogP contribution is -2.30. The Bertz CT molecular complexity index is 472. The molecule has 0 unspecified atom stereocenters. The first-order valence-electron chi connectivity index (χ1n) is 5.62. The summed E-state index contributed by atoms with van der Waals surface area (Å²) in [7, 11) is 1.69. The average Bonchev–Trinajstić information content (AvgIpc) is 2.26. The minimum Gasteiger partial charge on any atom is -0.393 e. The zero-order valence-corrected chi connectivity index (χ0v) is 10.7. The van der Waals surface area contributed by atoms with E-state index in [9.17, 15) is 14.9 Å². The predicted octanol–water partition coefficient (Wildman–Crippen LogP) is 1.91. The minimum absolute atomic E-state index is 0.00352. The van der Waals surface area contributed by atoms with Crippen LogP contribution in [0.15, 0.2) is 18.2 Å². The molecule has 98 valence electrons. The Labute approximate surface area is 106 Å². The Kier molecular flexibility index (Phi) is 4.25. The van der Waals surface area contributed by atoms with E-state index in [0.717, 1.165) is 0 Å². The molecule has 0 spiro atoms. The van der Waals surface area contributed by atoms with Crippen LogP contribution in [0, 0.1) is 16.0 Å². The number of nitro benzene ring substituents is 1. The van der Waals surface area contributed by atoms with Gasteiger partial charge >= 0.3 is 0 Å². The molecule has 0 bridgehead atoms. The van der Waals surface area contributed by atoms with Gasteiger partial charge in [-0.2, -0.15) is 0 Å². The molecule has 0 heterocycles. The van der Waals surface area contributed by atoms with E-state index < -0.39 is 4.92 Å². The molecule has 0 saturated carbocycles. The van der Waals surface area contributed by atoms with Crippen molar-refractivity contribution in [2.24, 2.45) is 5.92 Å². The highest BCUT2D eigenvalue weighted by Gasteiger charge is 2.17. The van der Waals surface area contributed by atoms with Gasteiger partial charge in [-0.05, 0) is 18.1 Å². The highest BCUT2D eigenvalue weighted by atomic mass is 16.6. The van der Waals surface area contributed by atoms with Gasteiger partial charge in [-0.3, -0.25) is 14.9 Å². The maximum absolute atomic E-state index is 12.0. The third-order valence-corrected chi connectivity index (χ3v) is 2.46. The molecule has 0 atom stereocenters. The number of hydrogen-bond acceptors (Lipinski definition) is 4. The Morgan fingerprint density at radius 2 is 2.11 bits per heavy atom. The van der Waals surface area contributed by atoms with Crippen molar-refractivity contribution < 1.29 is 9.72 Å². The first-order valence-corrected chi connectivity index (χ1v) is 5.62. The van der Waals surface area contributed by atoms with Gasteiger partial charge in [-0.1, -0.05) is 13.8 Å². The summed E-state index contributed by atoms with van der Waals surface area (Å²) in [5, 5.41) is 10.6. The number of nitrogens with two attached hydrogens (primary N) is 1. The Morgan fingerprint density at radius 1 is 1.50 bits per heavy atom. The molecule has 0 fully saturated rings. The van der Waals surface area contributed by atoms with Gasteiger partial charge in [-0.15, -0.1) is 0 Å². The van der Waals surface area contributed by atoms with Crippen molar-refractivity contribution in [3.63, 3.8) is 0 Å². The third-order valence-electron chi connectivity index (χ3n) is 2.46. The van der Waals surface area contributed by atoms with Crippen molar-refractivity contribution in [1.82, 2.24) is 4.90 Å². The summed E-state index contributed by atoms with van der Waals surface area (Å²) in [5.41, 5.74) is 5.73. The Morgan fingerprint density at radius 3 is 2.56 bits per heavy atom. The van der Waals surface area contributed by atoms with Crippen LogP contribution >= 0.6 is 0 Å². The normalized spacial score (nSPS) is 10.4. The number of carbonyl (C=O) groups excluding carboxylic acids is 1. The predicted molar refractivity (Wildman–Crippen MR) is 69.3 cm³/mol. The topological polar surface area (TPSA) is 89.5 Å². The fourth-order valence-corrected chi connectivity index (χ4v) is 1.70. The summed E-state index contributed by atoms with van der Waals surface area (Å²) < 4.78 is 0. The number of nitrogen functional groups attached to an aromatic ring is 1. The van der Waals surface area contributed by atoms with Gasteiger partial charge in [0.15, 0.2) is 0 Å². The Hall–Kier alpha value is -2.11. The van der Waals surface area contributed by atoms with Gasteiger partial charge in [0.05, 0.1) is 4.92 Å². The van der Waals surface area contributed by atoms with Crippen LogP contribution < -0.4 is 5.73 Å². The van der Waals surface area contributed by atoms with Gasteiger partial charge < -0.3 is 10.6 Å². The van der Waals surface area contributed by atoms with E-state index in [1.54, 1.807) is 11.9 Å². The summed E-state index contributed by atoms with van der Waals surface area (Å²) in [4.78, 5) is 23.6. The molecule has 1 amide bonds. The first-order chi connectivity index (χ1) is 8.32. The Balaban J connectivity index is 2.94. The fourth-order valence-electron chi connectivity index (χ4n) is 1.70. The van der Waals surface area contributed by atoms with Crippen molar-refractivity contribution >= 4 is 17.3 Å². The third kappa shape index (κ3) is 3.19. The quantitative estimate of drug-likeness (QED) is 0.502. The molecule has 0 aliphatic carbocycles. The molecular weight excluding hydrogens is 234 g/mol. The second kappa shape index (κ2) is 5.48. The number of carbonyl (C=O) groups is 1. The molecule has 1 aromatic rings. The maximum atomic E-state index is 12.0. The molecule has 0 aliphatic rings. The summed E-state index contributed by atoms with van der Waals surface area (Å²) in [6, 6.07) is 4.02. The standard InChI is InChI=1S/C12H17N3O3/c1-8(2)7-14(3)12(16)9-4-5-11(15(17)18)10(13)6-9/h4-6,8H,7,13H2,1-3H3. The van der Waals surface area contributed by atoms with Crippen molar-refractivity contribution in [3.05, 3.63) is 33.9 Å². The van der Waals surface area contributed by atoms with E-state index >= 15 is 0 Å². The van der Waals surface area contributed by atoms with Gasteiger partial charge in [0.25, 0.3) is 11.6 Å². The molecule has 2 N–H and O–H groups in total. The zero-order valence-electron chi connectivity index (χ0n) is 10.7. The number of hydrogen-bond donors (Lipinski definition) is 1. The first kappa shape index (κ1) is 14.0. The fraction of sp³-hybridized carbons (Fsp3) is 0.417.